The Kier molecular flexibility index (Phi) is 2.22. The zero-order chi connectivity index (χ0) is 18.9. The molecule has 0 bridgehead atoms. The van der Waals surface area contributed by atoms with E-state index in [-0.39, 0.29) is 6.71 Å². The van der Waals surface area contributed by atoms with E-state index in [2.05, 4.69) is 72.2 Å². The second kappa shape index (κ2) is 4.49. The summed E-state index contributed by atoms with van der Waals surface area (Å²) >= 11 is 0. The van der Waals surface area contributed by atoms with Gasteiger partial charge in [0.25, 0.3) is 6.71 Å². The van der Waals surface area contributed by atoms with Gasteiger partial charge in [-0.15, -0.1) is 0 Å². The van der Waals surface area contributed by atoms with Crippen LogP contribution in [0.2, 0.25) is 0 Å². The van der Waals surface area contributed by atoms with Crippen LogP contribution in [0.5, 0.6) is 23.0 Å². The molecule has 3 aliphatic heterocycles. The van der Waals surface area contributed by atoms with E-state index in [1.807, 2.05) is 6.07 Å². The van der Waals surface area contributed by atoms with Gasteiger partial charge in [0.1, 0.15) is 23.0 Å². The highest BCUT2D eigenvalue weighted by Crippen LogP contribution is 2.43. The monoisotopic (exact) mass is 371 g/mol. The molecule has 0 aliphatic carbocycles. The van der Waals surface area contributed by atoms with Gasteiger partial charge in [-0.25, -0.2) is 0 Å². The molecule has 29 heavy (non-hydrogen) atoms. The molecule has 0 unspecified atom stereocenters. The van der Waals surface area contributed by atoms with Crippen LogP contribution in [0.4, 0.5) is 0 Å². The SMILES string of the molecule is Cc1ccc2c3c1-n1c4ccccc4c4ccc5c(c41)B3c1c(cccc1O5)O2. The summed E-state index contributed by atoms with van der Waals surface area (Å²) in [6.07, 6.45) is 0. The van der Waals surface area contributed by atoms with Crippen LogP contribution in [0.1, 0.15) is 5.56 Å². The highest BCUT2D eigenvalue weighted by atomic mass is 16.5. The minimum absolute atomic E-state index is 0.143. The molecule has 0 radical (unpaired) electrons. The number of hydrogen-bond acceptors (Lipinski definition) is 2. The Balaban J connectivity index is 1.71. The highest BCUT2D eigenvalue weighted by molar-refractivity contribution is 7.00. The summed E-state index contributed by atoms with van der Waals surface area (Å²) in [5.74, 6) is 3.72. The fraction of sp³-hybridized carbons (Fsp3) is 0.0400. The van der Waals surface area contributed by atoms with Crippen LogP contribution in [0, 0.1) is 6.92 Å². The van der Waals surface area contributed by atoms with Crippen molar-refractivity contribution in [2.45, 2.75) is 6.92 Å². The van der Waals surface area contributed by atoms with Crippen LogP contribution in [-0.4, -0.2) is 11.3 Å². The van der Waals surface area contributed by atoms with Gasteiger partial charge < -0.3 is 14.0 Å². The molecular formula is C25H14BNO2. The summed E-state index contributed by atoms with van der Waals surface area (Å²) in [5, 5.41) is 2.56. The molecule has 0 N–H and O–H groups in total. The third-order valence-electron chi connectivity index (χ3n) is 6.77. The first-order valence-electron chi connectivity index (χ1n) is 10.00. The summed E-state index contributed by atoms with van der Waals surface area (Å²) in [4.78, 5) is 0. The Morgan fingerprint density at radius 2 is 1.38 bits per heavy atom. The molecule has 4 aromatic carbocycles. The molecule has 0 saturated heterocycles. The maximum atomic E-state index is 6.40. The smallest absolute Gasteiger partial charge is 0.266 e. The molecule has 0 spiro atoms. The van der Waals surface area contributed by atoms with E-state index in [0.717, 1.165) is 28.5 Å². The quantitative estimate of drug-likeness (QED) is 0.374. The number of nitrogens with zero attached hydrogens (tertiary/aromatic N) is 1. The summed E-state index contributed by atoms with van der Waals surface area (Å²) < 4.78 is 15.2. The standard InChI is InChI=1S/C25H14BNO2/c1-13-9-11-19-22-24(13)27-16-6-3-2-5-14(16)15-10-12-20-23(25(15)27)26(22)21-17(28-19)7-4-8-18(21)29-20/h2-12H,1H3. The van der Waals surface area contributed by atoms with Crippen LogP contribution in [0.15, 0.2) is 66.7 Å². The van der Waals surface area contributed by atoms with Crippen molar-refractivity contribution in [1.29, 1.82) is 0 Å². The molecule has 1 aromatic heterocycles. The molecule has 0 amide bonds. The number of hydrogen-bond donors (Lipinski definition) is 0. The Morgan fingerprint density at radius 3 is 2.24 bits per heavy atom. The lowest BCUT2D eigenvalue weighted by atomic mass is 9.33. The minimum Gasteiger partial charge on any atom is -0.458 e. The number of aromatic nitrogens is 1. The van der Waals surface area contributed by atoms with Crippen molar-refractivity contribution < 1.29 is 9.47 Å². The average molecular weight is 371 g/mol. The molecule has 3 aliphatic rings. The van der Waals surface area contributed by atoms with Gasteiger partial charge in [-0.3, -0.25) is 0 Å². The number of rotatable bonds is 0. The van der Waals surface area contributed by atoms with Crippen LogP contribution in [0.3, 0.4) is 0 Å². The van der Waals surface area contributed by atoms with Crippen molar-refractivity contribution in [1.82, 2.24) is 4.57 Å². The maximum absolute atomic E-state index is 6.40. The summed E-state index contributed by atoms with van der Waals surface area (Å²) in [6.45, 7) is 2.34. The molecule has 0 saturated carbocycles. The number of aryl methyl sites for hydroxylation is 1. The summed E-state index contributed by atoms with van der Waals surface area (Å²) in [7, 11) is 0. The van der Waals surface area contributed by atoms with Gasteiger partial charge in [-0.1, -0.05) is 30.3 Å². The van der Waals surface area contributed by atoms with Gasteiger partial charge in [0, 0.05) is 21.9 Å². The Hall–Kier alpha value is -3.66. The highest BCUT2D eigenvalue weighted by Gasteiger charge is 2.46. The van der Waals surface area contributed by atoms with E-state index in [1.165, 1.54) is 44.0 Å². The van der Waals surface area contributed by atoms with Crippen molar-refractivity contribution in [2.24, 2.45) is 0 Å². The molecule has 0 fully saturated rings. The number of ether oxygens (including phenoxy) is 2. The first kappa shape index (κ1) is 14.4. The zero-order valence-electron chi connectivity index (χ0n) is 15.7. The van der Waals surface area contributed by atoms with E-state index in [9.17, 15) is 0 Å². The van der Waals surface area contributed by atoms with Crippen molar-refractivity contribution >= 4 is 44.9 Å². The zero-order valence-corrected chi connectivity index (χ0v) is 15.7. The number of benzene rings is 4. The minimum atomic E-state index is 0.143. The first-order chi connectivity index (χ1) is 14.3. The summed E-state index contributed by atoms with van der Waals surface area (Å²) in [5.41, 5.74) is 8.70. The van der Waals surface area contributed by atoms with Crippen LogP contribution >= 0.6 is 0 Å². The third kappa shape index (κ3) is 1.46. The van der Waals surface area contributed by atoms with Gasteiger partial charge in [-0.05, 0) is 59.8 Å². The van der Waals surface area contributed by atoms with Gasteiger partial charge in [0.2, 0.25) is 0 Å². The number of fused-ring (bicyclic) bond motifs is 4. The lowest BCUT2D eigenvalue weighted by Crippen LogP contribution is -2.60. The lowest BCUT2D eigenvalue weighted by Gasteiger charge is -2.38. The van der Waals surface area contributed by atoms with Crippen LogP contribution < -0.4 is 25.9 Å². The van der Waals surface area contributed by atoms with Crippen molar-refractivity contribution in [3.63, 3.8) is 0 Å². The molecular weight excluding hydrogens is 357 g/mol. The Bertz CT molecular complexity index is 1570. The molecule has 4 heteroatoms. The molecule has 134 valence electrons. The van der Waals surface area contributed by atoms with Crippen molar-refractivity contribution in [2.75, 3.05) is 0 Å². The Morgan fingerprint density at radius 1 is 0.655 bits per heavy atom. The largest absolute Gasteiger partial charge is 0.458 e. The fourth-order valence-electron chi connectivity index (χ4n) is 5.68. The van der Waals surface area contributed by atoms with E-state index >= 15 is 0 Å². The van der Waals surface area contributed by atoms with Crippen molar-refractivity contribution in [3.05, 3.63) is 72.3 Å². The molecule has 8 rings (SSSR count). The predicted octanol–water partition coefficient (Wildman–Crippen LogP) is 4.13. The topological polar surface area (TPSA) is 23.4 Å². The average Bonchev–Trinajstić information content (AvgIpc) is 3.09. The second-order valence-corrected chi connectivity index (χ2v) is 8.17. The van der Waals surface area contributed by atoms with Crippen LogP contribution in [-0.2, 0) is 0 Å². The normalized spacial score (nSPS) is 14.2. The predicted molar refractivity (Wildman–Crippen MR) is 117 cm³/mol. The van der Waals surface area contributed by atoms with E-state index < -0.39 is 0 Å². The van der Waals surface area contributed by atoms with Crippen molar-refractivity contribution in [3.8, 4) is 28.7 Å². The van der Waals surface area contributed by atoms with Gasteiger partial charge in [-0.2, -0.15) is 0 Å². The fourth-order valence-corrected chi connectivity index (χ4v) is 5.68. The molecule has 5 aromatic rings. The first-order valence-corrected chi connectivity index (χ1v) is 10.00. The lowest BCUT2D eigenvalue weighted by molar-refractivity contribution is 0.464. The third-order valence-corrected chi connectivity index (χ3v) is 6.77. The molecule has 3 nitrogen and oxygen atoms in total. The second-order valence-electron chi connectivity index (χ2n) is 8.17. The maximum Gasteiger partial charge on any atom is 0.266 e. The van der Waals surface area contributed by atoms with Gasteiger partial charge in [0.05, 0.1) is 11.0 Å². The summed E-state index contributed by atoms with van der Waals surface area (Å²) in [6, 6.07) is 23.5. The van der Waals surface area contributed by atoms with Gasteiger partial charge >= 0.3 is 0 Å². The molecule has 4 heterocycles. The van der Waals surface area contributed by atoms with Crippen LogP contribution in [0.25, 0.3) is 27.5 Å². The van der Waals surface area contributed by atoms with E-state index in [1.54, 1.807) is 0 Å². The number of para-hydroxylation sites is 1. The van der Waals surface area contributed by atoms with Gasteiger partial charge in [0.15, 0.2) is 0 Å². The Labute approximate surface area is 167 Å². The molecule has 0 atom stereocenters. The van der Waals surface area contributed by atoms with E-state index in [4.69, 9.17) is 9.47 Å². The van der Waals surface area contributed by atoms with E-state index in [0.29, 0.717) is 0 Å².